The van der Waals surface area contributed by atoms with Gasteiger partial charge in [0.25, 0.3) is 0 Å². The first-order valence-electron chi connectivity index (χ1n) is 8.88. The van der Waals surface area contributed by atoms with Crippen molar-refractivity contribution >= 4 is 0 Å². The van der Waals surface area contributed by atoms with Crippen molar-refractivity contribution < 1.29 is 0 Å². The highest BCUT2D eigenvalue weighted by atomic mass is 15.3. The SMILES string of the molecule is CCN(CC)CCCC(C)NC1CC(C)N(C2CC2)C1. The van der Waals surface area contributed by atoms with Crippen molar-refractivity contribution in [2.45, 2.75) is 84.0 Å². The topological polar surface area (TPSA) is 18.5 Å². The van der Waals surface area contributed by atoms with E-state index in [4.69, 9.17) is 0 Å². The normalized spacial score (nSPS) is 29.2. The molecule has 20 heavy (non-hydrogen) atoms. The summed E-state index contributed by atoms with van der Waals surface area (Å²) in [5.74, 6) is 0. The van der Waals surface area contributed by atoms with Crippen LogP contribution in [0.15, 0.2) is 0 Å². The fraction of sp³-hybridized carbons (Fsp3) is 1.00. The Morgan fingerprint density at radius 3 is 2.55 bits per heavy atom. The van der Waals surface area contributed by atoms with Crippen molar-refractivity contribution in [2.24, 2.45) is 0 Å². The average molecular weight is 281 g/mol. The van der Waals surface area contributed by atoms with E-state index in [1.165, 1.54) is 58.3 Å². The maximum Gasteiger partial charge on any atom is 0.0212 e. The molecule has 2 rings (SSSR count). The lowest BCUT2D eigenvalue weighted by molar-refractivity contribution is 0.253. The van der Waals surface area contributed by atoms with Gasteiger partial charge in [-0.3, -0.25) is 4.90 Å². The zero-order valence-corrected chi connectivity index (χ0v) is 14.1. The lowest BCUT2D eigenvalue weighted by atomic mass is 10.1. The van der Waals surface area contributed by atoms with Gasteiger partial charge in [-0.2, -0.15) is 0 Å². The second-order valence-corrected chi connectivity index (χ2v) is 6.95. The Balaban J connectivity index is 1.61. The molecule has 0 aromatic heterocycles. The van der Waals surface area contributed by atoms with E-state index < -0.39 is 0 Å². The van der Waals surface area contributed by atoms with Gasteiger partial charge in [0.05, 0.1) is 0 Å². The lowest BCUT2D eigenvalue weighted by Gasteiger charge is -2.22. The van der Waals surface area contributed by atoms with Gasteiger partial charge in [0.1, 0.15) is 0 Å². The molecule has 1 N–H and O–H groups in total. The maximum absolute atomic E-state index is 3.87. The highest BCUT2D eigenvalue weighted by molar-refractivity contribution is 4.96. The molecule has 1 saturated carbocycles. The van der Waals surface area contributed by atoms with Gasteiger partial charge in [-0.05, 0) is 65.6 Å². The predicted octanol–water partition coefficient (Wildman–Crippen LogP) is 2.71. The Hall–Kier alpha value is -0.120. The van der Waals surface area contributed by atoms with Crippen LogP contribution in [0.1, 0.15) is 59.8 Å². The number of nitrogens with zero attached hydrogens (tertiary/aromatic N) is 2. The van der Waals surface area contributed by atoms with Crippen LogP contribution in [-0.4, -0.2) is 60.1 Å². The summed E-state index contributed by atoms with van der Waals surface area (Å²) in [7, 11) is 0. The molecule has 0 aromatic rings. The molecule has 118 valence electrons. The number of rotatable bonds is 9. The largest absolute Gasteiger partial charge is 0.310 e. The summed E-state index contributed by atoms with van der Waals surface area (Å²) in [6.45, 7) is 14.2. The molecule has 2 aliphatic rings. The Morgan fingerprint density at radius 1 is 1.25 bits per heavy atom. The summed E-state index contributed by atoms with van der Waals surface area (Å²) in [4.78, 5) is 5.26. The first kappa shape index (κ1) is 16.3. The monoisotopic (exact) mass is 281 g/mol. The van der Waals surface area contributed by atoms with Gasteiger partial charge >= 0.3 is 0 Å². The number of hydrogen-bond donors (Lipinski definition) is 1. The Labute approximate surface area is 126 Å². The van der Waals surface area contributed by atoms with E-state index in [1.54, 1.807) is 0 Å². The summed E-state index contributed by atoms with van der Waals surface area (Å²) in [6, 6.07) is 3.12. The summed E-state index contributed by atoms with van der Waals surface area (Å²) < 4.78 is 0. The van der Waals surface area contributed by atoms with Crippen molar-refractivity contribution in [1.82, 2.24) is 15.1 Å². The third-order valence-electron chi connectivity index (χ3n) is 5.17. The van der Waals surface area contributed by atoms with E-state index >= 15 is 0 Å². The Bertz CT molecular complexity index is 273. The maximum atomic E-state index is 3.87. The minimum absolute atomic E-state index is 0.668. The molecule has 2 fully saturated rings. The molecule has 1 aliphatic carbocycles. The minimum Gasteiger partial charge on any atom is -0.310 e. The zero-order chi connectivity index (χ0) is 14.5. The van der Waals surface area contributed by atoms with E-state index in [0.29, 0.717) is 6.04 Å². The van der Waals surface area contributed by atoms with E-state index in [1.807, 2.05) is 0 Å². The van der Waals surface area contributed by atoms with Gasteiger partial charge in [0, 0.05) is 30.7 Å². The molecule has 3 unspecified atom stereocenters. The van der Waals surface area contributed by atoms with Crippen molar-refractivity contribution in [3.63, 3.8) is 0 Å². The van der Waals surface area contributed by atoms with Gasteiger partial charge in [-0.25, -0.2) is 0 Å². The Kier molecular flexibility index (Phi) is 6.31. The molecule has 3 heteroatoms. The quantitative estimate of drug-likeness (QED) is 0.701. The summed E-state index contributed by atoms with van der Waals surface area (Å²) in [5, 5.41) is 3.87. The average Bonchev–Trinajstić information content (AvgIpc) is 3.20. The molecule has 0 radical (unpaired) electrons. The summed E-state index contributed by atoms with van der Waals surface area (Å²) in [6.07, 6.45) is 6.86. The lowest BCUT2D eigenvalue weighted by Crippen LogP contribution is -2.39. The second-order valence-electron chi connectivity index (χ2n) is 6.95. The molecule has 1 aliphatic heterocycles. The van der Waals surface area contributed by atoms with Gasteiger partial charge in [0.2, 0.25) is 0 Å². The molecule has 3 nitrogen and oxygen atoms in total. The van der Waals surface area contributed by atoms with E-state index in [0.717, 1.165) is 18.1 Å². The van der Waals surface area contributed by atoms with Crippen LogP contribution < -0.4 is 5.32 Å². The molecule has 0 bridgehead atoms. The number of hydrogen-bond acceptors (Lipinski definition) is 3. The van der Waals surface area contributed by atoms with Crippen LogP contribution in [0.3, 0.4) is 0 Å². The van der Waals surface area contributed by atoms with Crippen molar-refractivity contribution in [1.29, 1.82) is 0 Å². The molecule has 1 heterocycles. The van der Waals surface area contributed by atoms with Gasteiger partial charge in [0.15, 0.2) is 0 Å². The van der Waals surface area contributed by atoms with Crippen LogP contribution in [-0.2, 0) is 0 Å². The standard InChI is InChI=1S/C17H35N3/c1-5-19(6-2)11-7-8-14(3)18-16-12-15(4)20(13-16)17-9-10-17/h14-18H,5-13H2,1-4H3. The van der Waals surface area contributed by atoms with Gasteiger partial charge in [-0.15, -0.1) is 0 Å². The van der Waals surface area contributed by atoms with Crippen LogP contribution in [0.25, 0.3) is 0 Å². The first-order valence-corrected chi connectivity index (χ1v) is 8.88. The van der Waals surface area contributed by atoms with E-state index in [-0.39, 0.29) is 0 Å². The van der Waals surface area contributed by atoms with Gasteiger partial charge < -0.3 is 10.2 Å². The highest BCUT2D eigenvalue weighted by Gasteiger charge is 2.38. The summed E-state index contributed by atoms with van der Waals surface area (Å²) >= 11 is 0. The predicted molar refractivity (Wildman–Crippen MR) is 87.2 cm³/mol. The fourth-order valence-corrected chi connectivity index (χ4v) is 3.74. The second kappa shape index (κ2) is 7.77. The van der Waals surface area contributed by atoms with Crippen LogP contribution in [0.5, 0.6) is 0 Å². The zero-order valence-electron chi connectivity index (χ0n) is 14.1. The number of nitrogens with one attached hydrogen (secondary N) is 1. The molecular formula is C17H35N3. The van der Waals surface area contributed by atoms with E-state index in [2.05, 4.69) is 42.8 Å². The van der Waals surface area contributed by atoms with Crippen LogP contribution >= 0.6 is 0 Å². The Morgan fingerprint density at radius 2 is 1.95 bits per heavy atom. The molecule has 1 saturated heterocycles. The van der Waals surface area contributed by atoms with E-state index in [9.17, 15) is 0 Å². The number of likely N-dealkylation sites (tertiary alicyclic amines) is 1. The molecular weight excluding hydrogens is 246 g/mol. The fourth-order valence-electron chi connectivity index (χ4n) is 3.74. The molecule has 0 amide bonds. The van der Waals surface area contributed by atoms with Crippen LogP contribution in [0, 0.1) is 0 Å². The summed E-state index contributed by atoms with van der Waals surface area (Å²) in [5.41, 5.74) is 0. The third-order valence-corrected chi connectivity index (χ3v) is 5.17. The van der Waals surface area contributed by atoms with Crippen molar-refractivity contribution in [3.8, 4) is 0 Å². The van der Waals surface area contributed by atoms with Crippen LogP contribution in [0.2, 0.25) is 0 Å². The van der Waals surface area contributed by atoms with Crippen LogP contribution in [0.4, 0.5) is 0 Å². The molecule has 0 spiro atoms. The molecule has 3 atom stereocenters. The van der Waals surface area contributed by atoms with Crippen molar-refractivity contribution in [2.75, 3.05) is 26.2 Å². The smallest absolute Gasteiger partial charge is 0.0212 e. The first-order chi connectivity index (χ1) is 9.63. The minimum atomic E-state index is 0.668. The molecule has 0 aromatic carbocycles. The highest BCUT2D eigenvalue weighted by Crippen LogP contribution is 2.33. The third kappa shape index (κ3) is 4.71. The van der Waals surface area contributed by atoms with Gasteiger partial charge in [-0.1, -0.05) is 13.8 Å². The van der Waals surface area contributed by atoms with Crippen molar-refractivity contribution in [3.05, 3.63) is 0 Å².